The fraction of sp³-hybridized carbons (Fsp3) is 0.368. The molecule has 140 valence electrons. The number of nitrogens with zero attached hydrogens (tertiary/aromatic N) is 5. The third-order valence-electron chi connectivity index (χ3n) is 4.72. The molecular weight excluding hydrogens is 344 g/mol. The number of ether oxygens (including phenoxy) is 1. The van der Waals surface area contributed by atoms with Crippen molar-refractivity contribution >= 4 is 22.8 Å². The molecule has 4 rings (SSSR count). The minimum Gasteiger partial charge on any atom is -0.376 e. The molecule has 27 heavy (non-hydrogen) atoms. The van der Waals surface area contributed by atoms with Gasteiger partial charge in [-0.1, -0.05) is 5.21 Å². The van der Waals surface area contributed by atoms with Crippen LogP contribution < -0.4 is 5.32 Å². The van der Waals surface area contributed by atoms with E-state index in [-0.39, 0.29) is 12.1 Å². The number of pyridine rings is 1. The molecule has 0 bridgehead atoms. The lowest BCUT2D eigenvalue weighted by Gasteiger charge is -2.26. The minimum atomic E-state index is -0.162. The lowest BCUT2D eigenvalue weighted by molar-refractivity contribution is 0.0819. The van der Waals surface area contributed by atoms with E-state index in [1.165, 1.54) is 0 Å². The summed E-state index contributed by atoms with van der Waals surface area (Å²) in [6.07, 6.45) is 5.57. The number of carbonyl (C=O) groups excluding carboxylic acids is 1. The Bertz CT molecular complexity index is 920. The van der Waals surface area contributed by atoms with Gasteiger partial charge in [0, 0.05) is 44.8 Å². The van der Waals surface area contributed by atoms with Crippen molar-refractivity contribution in [2.45, 2.75) is 25.5 Å². The maximum atomic E-state index is 12.9. The Morgan fingerprint density at radius 2 is 2.19 bits per heavy atom. The normalized spacial score (nSPS) is 16.6. The molecular formula is C19H22N6O2. The van der Waals surface area contributed by atoms with Gasteiger partial charge in [0.2, 0.25) is 0 Å². The summed E-state index contributed by atoms with van der Waals surface area (Å²) in [4.78, 5) is 18.8. The van der Waals surface area contributed by atoms with E-state index in [0.29, 0.717) is 18.8 Å². The van der Waals surface area contributed by atoms with Crippen molar-refractivity contribution in [3.63, 3.8) is 0 Å². The number of rotatable bonds is 5. The van der Waals surface area contributed by atoms with Gasteiger partial charge in [-0.15, -0.1) is 5.10 Å². The summed E-state index contributed by atoms with van der Waals surface area (Å²) in [5.41, 5.74) is 3.39. The fourth-order valence-electron chi connectivity index (χ4n) is 3.28. The van der Waals surface area contributed by atoms with Crippen molar-refractivity contribution in [1.82, 2.24) is 24.9 Å². The summed E-state index contributed by atoms with van der Waals surface area (Å²) >= 11 is 0. The second kappa shape index (κ2) is 7.71. The van der Waals surface area contributed by atoms with Crippen LogP contribution in [0.2, 0.25) is 0 Å². The number of aryl methyl sites for hydroxylation is 1. The predicted molar refractivity (Wildman–Crippen MR) is 101 cm³/mol. The van der Waals surface area contributed by atoms with Crippen LogP contribution in [-0.2, 0) is 18.3 Å². The van der Waals surface area contributed by atoms with Crippen LogP contribution in [0.4, 0.5) is 10.5 Å². The van der Waals surface area contributed by atoms with Crippen LogP contribution in [-0.4, -0.2) is 50.2 Å². The first-order chi connectivity index (χ1) is 13.2. The van der Waals surface area contributed by atoms with Gasteiger partial charge in [-0.05, 0) is 48.7 Å². The van der Waals surface area contributed by atoms with Crippen LogP contribution in [0.5, 0.6) is 0 Å². The highest BCUT2D eigenvalue weighted by atomic mass is 16.5. The first-order valence-electron chi connectivity index (χ1n) is 9.05. The molecule has 2 amide bonds. The van der Waals surface area contributed by atoms with Gasteiger partial charge < -0.3 is 15.0 Å². The van der Waals surface area contributed by atoms with Crippen LogP contribution in [0.1, 0.15) is 18.4 Å². The maximum Gasteiger partial charge on any atom is 0.322 e. The van der Waals surface area contributed by atoms with E-state index in [1.807, 2.05) is 37.4 Å². The Balaban J connectivity index is 1.50. The molecule has 1 fully saturated rings. The van der Waals surface area contributed by atoms with Crippen molar-refractivity contribution in [3.8, 4) is 0 Å². The van der Waals surface area contributed by atoms with Crippen molar-refractivity contribution in [3.05, 3.63) is 48.3 Å². The SMILES string of the molecule is Cn1nnc2cc(NC(=O)N(Cc3ccncc3)CC3CCCO3)ccc21. The van der Waals surface area contributed by atoms with Gasteiger partial charge in [0.1, 0.15) is 5.52 Å². The Hall–Kier alpha value is -3.00. The quantitative estimate of drug-likeness (QED) is 0.750. The zero-order valence-electron chi connectivity index (χ0n) is 15.2. The summed E-state index contributed by atoms with van der Waals surface area (Å²) in [5.74, 6) is 0. The third kappa shape index (κ3) is 4.06. The monoisotopic (exact) mass is 366 g/mol. The minimum absolute atomic E-state index is 0.0834. The highest BCUT2D eigenvalue weighted by molar-refractivity contribution is 5.91. The van der Waals surface area contributed by atoms with Gasteiger partial charge in [-0.25, -0.2) is 9.48 Å². The van der Waals surface area contributed by atoms with E-state index in [9.17, 15) is 4.79 Å². The van der Waals surface area contributed by atoms with E-state index >= 15 is 0 Å². The van der Waals surface area contributed by atoms with Crippen molar-refractivity contribution in [2.75, 3.05) is 18.5 Å². The van der Waals surface area contributed by atoms with Crippen molar-refractivity contribution in [2.24, 2.45) is 7.05 Å². The molecule has 1 aromatic carbocycles. The predicted octanol–water partition coefficient (Wildman–Crippen LogP) is 2.58. The zero-order chi connectivity index (χ0) is 18.6. The number of amides is 2. The maximum absolute atomic E-state index is 12.9. The van der Waals surface area contributed by atoms with Crippen molar-refractivity contribution in [1.29, 1.82) is 0 Å². The Labute approximate surface area is 157 Å². The molecule has 1 aliphatic rings. The first kappa shape index (κ1) is 17.4. The number of fused-ring (bicyclic) bond motifs is 1. The number of hydrogen-bond donors (Lipinski definition) is 1. The molecule has 1 aliphatic heterocycles. The lowest BCUT2D eigenvalue weighted by Crippen LogP contribution is -2.39. The molecule has 8 heteroatoms. The van der Waals surface area contributed by atoms with Gasteiger partial charge in [-0.3, -0.25) is 4.98 Å². The molecule has 0 aliphatic carbocycles. The number of anilines is 1. The average Bonchev–Trinajstić information content (AvgIpc) is 3.32. The van der Waals surface area contributed by atoms with E-state index in [4.69, 9.17) is 4.74 Å². The number of nitrogens with one attached hydrogen (secondary N) is 1. The fourth-order valence-corrected chi connectivity index (χ4v) is 3.28. The Morgan fingerprint density at radius 3 is 2.96 bits per heavy atom. The topological polar surface area (TPSA) is 85.2 Å². The largest absolute Gasteiger partial charge is 0.376 e. The van der Waals surface area contributed by atoms with Crippen LogP contribution >= 0.6 is 0 Å². The summed E-state index contributed by atoms with van der Waals surface area (Å²) in [6, 6.07) is 9.27. The van der Waals surface area contributed by atoms with E-state index in [1.54, 1.807) is 22.0 Å². The summed E-state index contributed by atoms with van der Waals surface area (Å²) in [6.45, 7) is 1.82. The van der Waals surface area contributed by atoms with Gasteiger partial charge in [-0.2, -0.15) is 0 Å². The van der Waals surface area contributed by atoms with Gasteiger partial charge >= 0.3 is 6.03 Å². The van der Waals surface area contributed by atoms with Crippen molar-refractivity contribution < 1.29 is 9.53 Å². The van der Waals surface area contributed by atoms with Gasteiger partial charge in [0.25, 0.3) is 0 Å². The van der Waals surface area contributed by atoms with E-state index < -0.39 is 0 Å². The lowest BCUT2D eigenvalue weighted by atomic mass is 10.2. The zero-order valence-corrected chi connectivity index (χ0v) is 15.2. The highest BCUT2D eigenvalue weighted by Crippen LogP contribution is 2.19. The molecule has 1 N–H and O–H groups in total. The number of urea groups is 1. The Morgan fingerprint density at radius 1 is 1.33 bits per heavy atom. The van der Waals surface area contributed by atoms with E-state index in [0.717, 1.165) is 36.0 Å². The molecule has 0 saturated carbocycles. The average molecular weight is 366 g/mol. The molecule has 1 atom stereocenters. The molecule has 3 aromatic rings. The number of benzene rings is 1. The standard InChI is InChI=1S/C19H22N6O2/c1-24-18-5-4-15(11-17(18)22-23-24)21-19(26)25(13-16-3-2-10-27-16)12-14-6-8-20-9-7-14/h4-9,11,16H,2-3,10,12-13H2,1H3,(H,21,26). The van der Waals surface area contributed by atoms with Crippen LogP contribution in [0.25, 0.3) is 11.0 Å². The van der Waals surface area contributed by atoms with Gasteiger partial charge in [0.05, 0.1) is 11.6 Å². The molecule has 0 radical (unpaired) electrons. The summed E-state index contributed by atoms with van der Waals surface area (Å²) in [5, 5.41) is 11.1. The molecule has 0 spiro atoms. The molecule has 1 saturated heterocycles. The molecule has 8 nitrogen and oxygen atoms in total. The third-order valence-corrected chi connectivity index (χ3v) is 4.72. The molecule has 2 aromatic heterocycles. The highest BCUT2D eigenvalue weighted by Gasteiger charge is 2.23. The second-order valence-corrected chi connectivity index (χ2v) is 6.72. The summed E-state index contributed by atoms with van der Waals surface area (Å²) < 4.78 is 7.43. The first-order valence-corrected chi connectivity index (χ1v) is 9.05. The summed E-state index contributed by atoms with van der Waals surface area (Å²) in [7, 11) is 1.84. The number of hydrogen-bond acceptors (Lipinski definition) is 5. The second-order valence-electron chi connectivity index (χ2n) is 6.72. The van der Waals surface area contributed by atoms with Crippen LogP contribution in [0.3, 0.4) is 0 Å². The molecule has 3 heterocycles. The number of aromatic nitrogens is 4. The van der Waals surface area contributed by atoms with E-state index in [2.05, 4.69) is 20.6 Å². The number of carbonyl (C=O) groups is 1. The van der Waals surface area contributed by atoms with Crippen LogP contribution in [0, 0.1) is 0 Å². The van der Waals surface area contributed by atoms with Crippen LogP contribution in [0.15, 0.2) is 42.7 Å². The Kier molecular flexibility index (Phi) is 4.97. The molecule has 1 unspecified atom stereocenters. The smallest absolute Gasteiger partial charge is 0.322 e. The van der Waals surface area contributed by atoms with Gasteiger partial charge in [0.15, 0.2) is 0 Å².